The molecule has 0 bridgehead atoms. The van der Waals surface area contributed by atoms with Crippen molar-refractivity contribution in [2.24, 2.45) is 0 Å². The second-order valence-electron chi connectivity index (χ2n) is 9.36. The summed E-state index contributed by atoms with van der Waals surface area (Å²) in [6.07, 6.45) is 1.12. The van der Waals surface area contributed by atoms with Crippen molar-refractivity contribution in [3.8, 4) is 17.1 Å². The Kier molecular flexibility index (Phi) is 8.20. The molecule has 1 aromatic heterocycles. The zero-order valence-corrected chi connectivity index (χ0v) is 21.5. The van der Waals surface area contributed by atoms with Gasteiger partial charge in [-0.15, -0.1) is 21.6 Å². The third-order valence-corrected chi connectivity index (χ3v) is 6.60. The molecule has 2 aromatic carbocycles. The van der Waals surface area contributed by atoms with Gasteiger partial charge in [0.2, 0.25) is 5.82 Å². The summed E-state index contributed by atoms with van der Waals surface area (Å²) in [5.74, 6) is -0.675. The number of phenolic OH excluding ortho intramolecular Hbond substituents is 1. The van der Waals surface area contributed by atoms with Crippen LogP contribution in [0.2, 0.25) is 0 Å². The number of tetrazole rings is 1. The summed E-state index contributed by atoms with van der Waals surface area (Å²) in [4.78, 5) is 17.3. The average molecular weight is 507 g/mol. The van der Waals surface area contributed by atoms with Gasteiger partial charge >= 0.3 is 5.97 Å². The van der Waals surface area contributed by atoms with E-state index < -0.39 is 12.2 Å². The van der Waals surface area contributed by atoms with Crippen molar-refractivity contribution in [2.45, 2.75) is 45.5 Å². The molecule has 1 fully saturated rings. The molecule has 3 atom stereocenters. The zero-order valence-electron chi connectivity index (χ0n) is 21.5. The van der Waals surface area contributed by atoms with E-state index in [2.05, 4.69) is 51.7 Å². The van der Waals surface area contributed by atoms with Gasteiger partial charge in [-0.05, 0) is 55.7 Å². The van der Waals surface area contributed by atoms with Crippen LogP contribution >= 0.6 is 0 Å². The van der Waals surface area contributed by atoms with E-state index in [0.717, 1.165) is 46.8 Å². The minimum Gasteiger partial charge on any atom is -0.508 e. The van der Waals surface area contributed by atoms with E-state index in [1.165, 1.54) is 0 Å². The van der Waals surface area contributed by atoms with E-state index in [-0.39, 0.29) is 18.4 Å². The molecule has 1 saturated heterocycles. The second kappa shape index (κ2) is 11.5. The van der Waals surface area contributed by atoms with Crippen LogP contribution < -0.4 is 4.90 Å². The summed E-state index contributed by atoms with van der Waals surface area (Å²) in [5, 5.41) is 32.3. The molecule has 3 aromatic rings. The number of carboxylic acid groups (broad SMARTS) is 1. The van der Waals surface area contributed by atoms with Gasteiger partial charge in [0.1, 0.15) is 5.75 Å². The van der Waals surface area contributed by atoms with Crippen LogP contribution in [0.15, 0.2) is 55.1 Å². The molecule has 2 heterocycles. The molecular weight excluding hydrogens is 472 g/mol. The van der Waals surface area contributed by atoms with Crippen LogP contribution in [0.4, 0.5) is 5.69 Å². The Morgan fingerprint density at radius 1 is 1.22 bits per heavy atom. The molecule has 1 aliphatic rings. The number of ether oxygens (including phenoxy) is 1. The molecule has 196 valence electrons. The fourth-order valence-electron chi connectivity index (χ4n) is 4.84. The molecular formula is C27H34N6O4. The zero-order chi connectivity index (χ0) is 26.5. The molecule has 10 heteroatoms. The number of rotatable bonds is 10. The van der Waals surface area contributed by atoms with Crippen LogP contribution in [0.25, 0.3) is 11.4 Å². The summed E-state index contributed by atoms with van der Waals surface area (Å²) in [5.41, 5.74) is 3.59. The standard InChI is InChI=1S/C27H34N6O4/c1-5-11-31-16-19(4)32(17-18(31)3)22-13-20(14-23(34)15-22)12-21-9-7-8-10-24(21)25-28-30-33(29-25)26(27(35)36)37-6-2/h5,7-10,13-15,18-19,26,34H,1,6,11-12,16-17H2,2-4H3,(H,35,36)/t18-,19+,26-/m1/s1. The normalized spacial score (nSPS) is 19.1. The SMILES string of the molecule is C=CCN1C[C@H](C)N(c2cc(O)cc(Cc3ccccc3-c3nnn([C@H](OCC)C(=O)O)n3)c2)C[C@H]1C. The number of piperazine rings is 1. The number of benzene rings is 2. The van der Waals surface area contributed by atoms with E-state index in [1.807, 2.05) is 36.4 Å². The van der Waals surface area contributed by atoms with E-state index in [1.54, 1.807) is 13.0 Å². The number of aromatic nitrogens is 4. The minimum absolute atomic E-state index is 0.199. The maximum Gasteiger partial charge on any atom is 0.357 e. The van der Waals surface area contributed by atoms with Crippen LogP contribution in [0, 0.1) is 0 Å². The van der Waals surface area contributed by atoms with Crippen molar-refractivity contribution >= 4 is 11.7 Å². The van der Waals surface area contributed by atoms with E-state index in [4.69, 9.17) is 4.74 Å². The van der Waals surface area contributed by atoms with Crippen molar-refractivity contribution in [1.29, 1.82) is 0 Å². The van der Waals surface area contributed by atoms with Crippen molar-refractivity contribution < 1.29 is 19.7 Å². The van der Waals surface area contributed by atoms with Gasteiger partial charge in [0, 0.05) is 55.6 Å². The number of anilines is 1. The highest BCUT2D eigenvalue weighted by atomic mass is 16.5. The monoisotopic (exact) mass is 506 g/mol. The number of nitrogens with zero attached hydrogens (tertiary/aromatic N) is 6. The molecule has 37 heavy (non-hydrogen) atoms. The predicted molar refractivity (Wildman–Crippen MR) is 141 cm³/mol. The lowest BCUT2D eigenvalue weighted by Gasteiger charge is -2.45. The number of carbonyl (C=O) groups is 1. The van der Waals surface area contributed by atoms with Gasteiger partial charge in [0.25, 0.3) is 6.23 Å². The third kappa shape index (κ3) is 5.98. The van der Waals surface area contributed by atoms with Gasteiger partial charge in [-0.1, -0.05) is 30.3 Å². The highest BCUT2D eigenvalue weighted by molar-refractivity contribution is 5.70. The Labute approximate surface area is 216 Å². The summed E-state index contributed by atoms with van der Waals surface area (Å²) in [6, 6.07) is 14.0. The first-order valence-corrected chi connectivity index (χ1v) is 12.5. The van der Waals surface area contributed by atoms with Gasteiger partial charge in [-0.25, -0.2) is 4.79 Å². The smallest absolute Gasteiger partial charge is 0.357 e. The lowest BCUT2D eigenvalue weighted by atomic mass is 9.98. The Hall–Kier alpha value is -3.76. The topological polar surface area (TPSA) is 117 Å². The van der Waals surface area contributed by atoms with Crippen LogP contribution in [0.5, 0.6) is 5.75 Å². The summed E-state index contributed by atoms with van der Waals surface area (Å²) < 4.78 is 5.24. The number of carboxylic acids is 1. The Balaban J connectivity index is 1.60. The maximum absolute atomic E-state index is 11.5. The van der Waals surface area contributed by atoms with Crippen LogP contribution in [0.1, 0.15) is 38.1 Å². The minimum atomic E-state index is -1.34. The van der Waals surface area contributed by atoms with Gasteiger partial charge in [-0.2, -0.15) is 0 Å². The molecule has 0 spiro atoms. The fraction of sp³-hybridized carbons (Fsp3) is 0.407. The Bertz CT molecular complexity index is 1250. The lowest BCUT2D eigenvalue weighted by molar-refractivity contribution is -0.159. The molecule has 0 aliphatic carbocycles. The summed E-state index contributed by atoms with van der Waals surface area (Å²) in [6.45, 7) is 12.8. The van der Waals surface area contributed by atoms with Gasteiger partial charge < -0.3 is 19.8 Å². The molecule has 0 unspecified atom stereocenters. The number of phenols is 1. The molecule has 2 N–H and O–H groups in total. The van der Waals surface area contributed by atoms with Gasteiger partial charge in [0.05, 0.1) is 0 Å². The van der Waals surface area contributed by atoms with E-state index in [0.29, 0.717) is 18.3 Å². The Morgan fingerprint density at radius 2 is 2.00 bits per heavy atom. The molecule has 0 saturated carbocycles. The predicted octanol–water partition coefficient (Wildman–Crippen LogP) is 3.34. The second-order valence-corrected chi connectivity index (χ2v) is 9.36. The summed E-state index contributed by atoms with van der Waals surface area (Å²) in [7, 11) is 0. The molecule has 0 radical (unpaired) electrons. The largest absolute Gasteiger partial charge is 0.508 e. The highest BCUT2D eigenvalue weighted by Crippen LogP contribution is 2.30. The number of hydrogen-bond donors (Lipinski definition) is 2. The van der Waals surface area contributed by atoms with Crippen molar-refractivity contribution in [2.75, 3.05) is 31.1 Å². The van der Waals surface area contributed by atoms with E-state index in [9.17, 15) is 15.0 Å². The first kappa shape index (κ1) is 26.3. The van der Waals surface area contributed by atoms with Crippen LogP contribution in [-0.4, -0.2) is 79.6 Å². The highest BCUT2D eigenvalue weighted by Gasteiger charge is 2.29. The molecule has 4 rings (SSSR count). The molecule has 10 nitrogen and oxygen atoms in total. The van der Waals surface area contributed by atoms with Crippen molar-refractivity contribution in [3.63, 3.8) is 0 Å². The number of aromatic hydroxyl groups is 1. The molecule has 0 amide bonds. The van der Waals surface area contributed by atoms with Gasteiger partial charge in [-0.3, -0.25) is 4.90 Å². The molecule has 1 aliphatic heterocycles. The summed E-state index contributed by atoms with van der Waals surface area (Å²) >= 11 is 0. The van der Waals surface area contributed by atoms with Gasteiger partial charge in [0.15, 0.2) is 0 Å². The van der Waals surface area contributed by atoms with Crippen molar-refractivity contribution in [1.82, 2.24) is 25.1 Å². The fourth-order valence-corrected chi connectivity index (χ4v) is 4.84. The first-order valence-electron chi connectivity index (χ1n) is 12.5. The maximum atomic E-state index is 11.5. The Morgan fingerprint density at radius 3 is 2.73 bits per heavy atom. The number of aliphatic carboxylic acids is 1. The first-order chi connectivity index (χ1) is 17.8. The number of hydrogen-bond acceptors (Lipinski definition) is 8. The average Bonchev–Trinajstić information content (AvgIpc) is 3.34. The van der Waals surface area contributed by atoms with E-state index >= 15 is 0 Å². The quantitative estimate of drug-likeness (QED) is 0.399. The van der Waals surface area contributed by atoms with Crippen LogP contribution in [-0.2, 0) is 16.0 Å². The lowest BCUT2D eigenvalue weighted by Crippen LogP contribution is -2.56. The third-order valence-electron chi connectivity index (χ3n) is 6.60. The van der Waals surface area contributed by atoms with Crippen LogP contribution in [0.3, 0.4) is 0 Å². The van der Waals surface area contributed by atoms with Crippen molar-refractivity contribution in [3.05, 3.63) is 66.2 Å².